The third-order valence-electron chi connectivity index (χ3n) is 2.65. The summed E-state index contributed by atoms with van der Waals surface area (Å²) in [4.78, 5) is 26.1. The molecule has 0 spiro atoms. The van der Waals surface area contributed by atoms with Crippen LogP contribution in [0.15, 0.2) is 0 Å². The summed E-state index contributed by atoms with van der Waals surface area (Å²) < 4.78 is 0. The van der Waals surface area contributed by atoms with Crippen LogP contribution in [0.2, 0.25) is 0 Å². The fraction of sp³-hybridized carbons (Fsp3) is 0.778. The van der Waals surface area contributed by atoms with Crippen LogP contribution in [0.4, 0.5) is 4.79 Å². The summed E-state index contributed by atoms with van der Waals surface area (Å²) in [6, 6.07) is 0.270. The second-order valence-corrected chi connectivity index (χ2v) is 3.96. The van der Waals surface area contributed by atoms with Crippen LogP contribution in [0.5, 0.6) is 0 Å². The summed E-state index contributed by atoms with van der Waals surface area (Å²) in [6.07, 6.45) is 2.15. The Balaban J connectivity index is 1.85. The molecule has 1 saturated carbocycles. The molecule has 1 aliphatic heterocycles. The molecule has 0 unspecified atom stereocenters. The molecular formula is C9H15N3O2. The van der Waals surface area contributed by atoms with Gasteiger partial charge >= 0.3 is 6.03 Å². The lowest BCUT2D eigenvalue weighted by Crippen LogP contribution is -2.53. The van der Waals surface area contributed by atoms with Gasteiger partial charge in [0.25, 0.3) is 0 Å². The summed E-state index contributed by atoms with van der Waals surface area (Å²) in [5, 5.41) is 2.88. The molecule has 1 heterocycles. The van der Waals surface area contributed by atoms with E-state index < -0.39 is 0 Å². The topological polar surface area (TPSA) is 52.6 Å². The van der Waals surface area contributed by atoms with Crippen molar-refractivity contribution in [2.75, 3.05) is 26.7 Å². The van der Waals surface area contributed by atoms with E-state index in [1.165, 1.54) is 0 Å². The normalized spacial score (nSPS) is 22.5. The Hall–Kier alpha value is -1.26. The number of nitrogens with one attached hydrogen (secondary N) is 1. The Morgan fingerprint density at radius 1 is 1.43 bits per heavy atom. The van der Waals surface area contributed by atoms with Crippen molar-refractivity contribution in [2.45, 2.75) is 18.9 Å². The standard InChI is InChI=1S/C9H15N3O2/c1-11-4-5-12(6-8(11)13)9(14)10-7-2-3-7/h7H,2-6H2,1H3,(H,10,14). The van der Waals surface area contributed by atoms with E-state index in [4.69, 9.17) is 0 Å². The van der Waals surface area contributed by atoms with Crippen molar-refractivity contribution in [3.05, 3.63) is 0 Å². The van der Waals surface area contributed by atoms with Crippen LogP contribution < -0.4 is 5.32 Å². The van der Waals surface area contributed by atoms with Gasteiger partial charge in [0, 0.05) is 26.2 Å². The number of nitrogens with zero attached hydrogens (tertiary/aromatic N) is 2. The number of piperazine rings is 1. The van der Waals surface area contributed by atoms with Crippen molar-refractivity contribution in [3.8, 4) is 0 Å². The molecular weight excluding hydrogens is 182 g/mol. The Morgan fingerprint density at radius 3 is 2.71 bits per heavy atom. The summed E-state index contributed by atoms with van der Waals surface area (Å²) in [5.41, 5.74) is 0. The first-order valence-electron chi connectivity index (χ1n) is 4.96. The number of hydrogen-bond donors (Lipinski definition) is 1. The van der Waals surface area contributed by atoms with E-state index in [0.29, 0.717) is 19.1 Å². The zero-order valence-electron chi connectivity index (χ0n) is 8.32. The van der Waals surface area contributed by atoms with Gasteiger partial charge in [-0.1, -0.05) is 0 Å². The maximum atomic E-state index is 11.5. The van der Waals surface area contributed by atoms with Crippen LogP contribution >= 0.6 is 0 Å². The number of amides is 3. The molecule has 0 bridgehead atoms. The van der Waals surface area contributed by atoms with Gasteiger partial charge in [-0.25, -0.2) is 4.79 Å². The van der Waals surface area contributed by atoms with Gasteiger partial charge in [0.1, 0.15) is 6.54 Å². The third-order valence-corrected chi connectivity index (χ3v) is 2.65. The molecule has 5 nitrogen and oxygen atoms in total. The number of likely N-dealkylation sites (N-methyl/N-ethyl adjacent to an activating group) is 1. The lowest BCUT2D eigenvalue weighted by molar-refractivity contribution is -0.133. The first-order chi connectivity index (χ1) is 6.66. The van der Waals surface area contributed by atoms with Crippen molar-refractivity contribution in [1.29, 1.82) is 0 Å². The summed E-state index contributed by atoms with van der Waals surface area (Å²) in [7, 11) is 1.76. The predicted octanol–water partition coefficient (Wildman–Crippen LogP) is -0.368. The van der Waals surface area contributed by atoms with Gasteiger partial charge in [-0.3, -0.25) is 4.79 Å². The van der Waals surface area contributed by atoms with Crippen molar-refractivity contribution in [2.24, 2.45) is 0 Å². The van der Waals surface area contributed by atoms with Gasteiger partial charge in [-0.15, -0.1) is 0 Å². The molecule has 0 aromatic heterocycles. The van der Waals surface area contributed by atoms with Gasteiger partial charge in [-0.05, 0) is 12.8 Å². The predicted molar refractivity (Wildman–Crippen MR) is 50.8 cm³/mol. The van der Waals surface area contributed by atoms with Crippen LogP contribution in [-0.2, 0) is 4.79 Å². The molecule has 3 amide bonds. The second-order valence-electron chi connectivity index (χ2n) is 3.96. The number of carbonyl (C=O) groups excluding carboxylic acids is 2. The van der Waals surface area contributed by atoms with Crippen LogP contribution in [-0.4, -0.2) is 54.5 Å². The van der Waals surface area contributed by atoms with Crippen LogP contribution in [0.25, 0.3) is 0 Å². The zero-order valence-corrected chi connectivity index (χ0v) is 8.32. The Morgan fingerprint density at radius 2 is 2.14 bits per heavy atom. The van der Waals surface area contributed by atoms with Gasteiger partial charge in [0.2, 0.25) is 5.91 Å². The molecule has 0 aromatic rings. The molecule has 0 radical (unpaired) electrons. The van der Waals surface area contributed by atoms with Gasteiger partial charge in [0.15, 0.2) is 0 Å². The van der Waals surface area contributed by atoms with E-state index in [2.05, 4.69) is 5.32 Å². The van der Waals surface area contributed by atoms with Crippen molar-refractivity contribution < 1.29 is 9.59 Å². The van der Waals surface area contributed by atoms with Crippen molar-refractivity contribution >= 4 is 11.9 Å². The molecule has 0 atom stereocenters. The SMILES string of the molecule is CN1CCN(C(=O)NC2CC2)CC1=O. The molecule has 78 valence electrons. The number of hydrogen-bond acceptors (Lipinski definition) is 2. The highest BCUT2D eigenvalue weighted by molar-refractivity contribution is 5.85. The second kappa shape index (κ2) is 3.48. The van der Waals surface area contributed by atoms with E-state index in [1.807, 2.05) is 0 Å². The summed E-state index contributed by atoms with van der Waals surface area (Å²) in [5.74, 6) is 0.0159. The first kappa shape index (κ1) is 9.30. The quantitative estimate of drug-likeness (QED) is 0.623. The number of carbonyl (C=O) groups is 2. The highest BCUT2D eigenvalue weighted by Crippen LogP contribution is 2.19. The molecule has 2 fully saturated rings. The minimum absolute atomic E-state index is 0.0159. The molecule has 2 aliphatic rings. The van der Waals surface area contributed by atoms with Gasteiger partial charge < -0.3 is 15.1 Å². The van der Waals surface area contributed by atoms with Crippen molar-refractivity contribution in [3.63, 3.8) is 0 Å². The molecule has 1 aliphatic carbocycles. The monoisotopic (exact) mass is 197 g/mol. The number of urea groups is 1. The molecule has 1 saturated heterocycles. The van der Waals surface area contributed by atoms with Crippen LogP contribution in [0.3, 0.4) is 0 Å². The average molecular weight is 197 g/mol. The average Bonchev–Trinajstić information content (AvgIpc) is 2.93. The maximum absolute atomic E-state index is 11.5. The largest absolute Gasteiger partial charge is 0.342 e. The van der Waals surface area contributed by atoms with E-state index in [-0.39, 0.29) is 18.5 Å². The molecule has 5 heteroatoms. The summed E-state index contributed by atoms with van der Waals surface area (Å²) >= 11 is 0. The Labute approximate surface area is 83.0 Å². The molecule has 1 N–H and O–H groups in total. The van der Waals surface area contributed by atoms with Gasteiger partial charge in [-0.2, -0.15) is 0 Å². The smallest absolute Gasteiger partial charge is 0.318 e. The van der Waals surface area contributed by atoms with E-state index in [9.17, 15) is 9.59 Å². The lowest BCUT2D eigenvalue weighted by Gasteiger charge is -2.31. The fourth-order valence-corrected chi connectivity index (χ4v) is 1.43. The highest BCUT2D eigenvalue weighted by Gasteiger charge is 2.29. The van der Waals surface area contributed by atoms with Gasteiger partial charge in [0.05, 0.1) is 0 Å². The molecule has 14 heavy (non-hydrogen) atoms. The highest BCUT2D eigenvalue weighted by atomic mass is 16.2. The van der Waals surface area contributed by atoms with E-state index in [0.717, 1.165) is 12.8 Å². The molecule has 0 aromatic carbocycles. The summed E-state index contributed by atoms with van der Waals surface area (Å²) in [6.45, 7) is 1.49. The van der Waals surface area contributed by atoms with Crippen LogP contribution in [0, 0.1) is 0 Å². The van der Waals surface area contributed by atoms with Crippen molar-refractivity contribution in [1.82, 2.24) is 15.1 Å². The molecule has 2 rings (SSSR count). The third kappa shape index (κ3) is 1.97. The zero-order chi connectivity index (χ0) is 10.1. The lowest BCUT2D eigenvalue weighted by atomic mass is 10.3. The fourth-order valence-electron chi connectivity index (χ4n) is 1.43. The van der Waals surface area contributed by atoms with E-state index in [1.54, 1.807) is 16.8 Å². The first-order valence-corrected chi connectivity index (χ1v) is 4.96. The minimum Gasteiger partial charge on any atom is -0.342 e. The van der Waals surface area contributed by atoms with E-state index >= 15 is 0 Å². The Bertz CT molecular complexity index is 263. The maximum Gasteiger partial charge on any atom is 0.318 e. The number of rotatable bonds is 1. The Kier molecular flexibility index (Phi) is 2.31. The van der Waals surface area contributed by atoms with Crippen LogP contribution in [0.1, 0.15) is 12.8 Å². The minimum atomic E-state index is -0.0889.